The van der Waals surface area contributed by atoms with Gasteiger partial charge in [0.15, 0.2) is 0 Å². The summed E-state index contributed by atoms with van der Waals surface area (Å²) in [4.78, 5) is 15.6. The lowest BCUT2D eigenvalue weighted by molar-refractivity contribution is -0.0722. The number of carbonyl (C=O) groups excluding carboxylic acids is 1. The van der Waals surface area contributed by atoms with E-state index in [4.69, 9.17) is 4.74 Å². The Morgan fingerprint density at radius 1 is 1.05 bits per heavy atom. The molecule has 0 spiro atoms. The van der Waals surface area contributed by atoms with E-state index in [1.807, 2.05) is 66.4 Å². The van der Waals surface area contributed by atoms with Crippen molar-refractivity contribution in [2.75, 3.05) is 13.2 Å². The molecule has 0 unspecified atom stereocenters. The fourth-order valence-electron chi connectivity index (χ4n) is 8.84. The SMILES string of the molecule is CCOc1ccc(C(=O)N(CCCC[C@@H]2Cc3cc(O)ccc3[C@@H]3[C@@H]2[C@@H]2CC[C@H](O)[C@@]2(C)C[C@@H]3F)Cc2ccccc2)cc1. The smallest absolute Gasteiger partial charge is 0.254 e. The molecule has 2 saturated carbocycles. The Balaban J connectivity index is 1.18. The van der Waals surface area contributed by atoms with Crippen molar-refractivity contribution in [1.29, 1.82) is 0 Å². The van der Waals surface area contributed by atoms with Gasteiger partial charge in [-0.3, -0.25) is 4.79 Å². The van der Waals surface area contributed by atoms with Crippen molar-refractivity contribution in [2.24, 2.45) is 23.2 Å². The molecule has 6 heteroatoms. The van der Waals surface area contributed by atoms with E-state index in [1.54, 1.807) is 6.07 Å². The topological polar surface area (TPSA) is 70.0 Å². The van der Waals surface area contributed by atoms with Gasteiger partial charge in [0.1, 0.15) is 17.7 Å². The first-order valence-corrected chi connectivity index (χ1v) is 16.5. The molecule has 6 rings (SSSR count). The minimum atomic E-state index is -1.01. The molecule has 234 valence electrons. The number of fused-ring (bicyclic) bond motifs is 5. The average molecular weight is 600 g/mol. The van der Waals surface area contributed by atoms with Crippen molar-refractivity contribution in [2.45, 2.75) is 83.5 Å². The van der Waals surface area contributed by atoms with Gasteiger partial charge in [0.25, 0.3) is 5.91 Å². The zero-order valence-electron chi connectivity index (χ0n) is 26.0. The summed E-state index contributed by atoms with van der Waals surface area (Å²) in [6.45, 7) is 5.79. The second kappa shape index (κ2) is 12.9. The lowest BCUT2D eigenvalue weighted by atomic mass is 9.51. The van der Waals surface area contributed by atoms with Gasteiger partial charge in [-0.1, -0.05) is 49.7 Å². The molecule has 44 heavy (non-hydrogen) atoms. The number of rotatable bonds is 10. The molecular weight excluding hydrogens is 553 g/mol. The molecule has 2 N–H and O–H groups in total. The number of alkyl halides is 1. The molecular formula is C38H46FNO4. The van der Waals surface area contributed by atoms with Gasteiger partial charge in [0.05, 0.1) is 12.7 Å². The van der Waals surface area contributed by atoms with E-state index in [2.05, 4.69) is 19.1 Å². The van der Waals surface area contributed by atoms with E-state index in [0.717, 1.165) is 61.0 Å². The summed E-state index contributed by atoms with van der Waals surface area (Å²) < 4.78 is 21.7. The Bertz CT molecular complexity index is 1430. The lowest BCUT2D eigenvalue weighted by Crippen LogP contribution is -2.51. The van der Waals surface area contributed by atoms with Crippen LogP contribution in [0.3, 0.4) is 0 Å². The number of hydrogen-bond donors (Lipinski definition) is 2. The van der Waals surface area contributed by atoms with Crippen LogP contribution in [-0.4, -0.2) is 46.4 Å². The number of halogens is 1. The van der Waals surface area contributed by atoms with Gasteiger partial charge in [0, 0.05) is 24.6 Å². The van der Waals surface area contributed by atoms with Gasteiger partial charge in [-0.15, -0.1) is 0 Å². The molecule has 3 aromatic rings. The van der Waals surface area contributed by atoms with Crippen molar-refractivity contribution in [3.8, 4) is 11.5 Å². The second-order valence-electron chi connectivity index (χ2n) is 13.5. The number of phenolic OH excluding ortho intramolecular Hbond substituents is 1. The van der Waals surface area contributed by atoms with Crippen molar-refractivity contribution in [3.05, 3.63) is 95.1 Å². The second-order valence-corrected chi connectivity index (χ2v) is 13.5. The maximum atomic E-state index is 16.1. The Morgan fingerprint density at radius 2 is 1.82 bits per heavy atom. The highest BCUT2D eigenvalue weighted by atomic mass is 19.1. The van der Waals surface area contributed by atoms with Crippen LogP contribution in [0.1, 0.15) is 85.3 Å². The zero-order chi connectivity index (χ0) is 30.8. The Kier molecular flexibility index (Phi) is 9.00. The van der Waals surface area contributed by atoms with Gasteiger partial charge in [-0.05, 0) is 122 Å². The molecule has 2 fully saturated rings. The maximum Gasteiger partial charge on any atom is 0.254 e. The summed E-state index contributed by atoms with van der Waals surface area (Å²) in [6.07, 6.45) is 4.15. The molecule has 0 bridgehead atoms. The first kappa shape index (κ1) is 30.6. The summed E-state index contributed by atoms with van der Waals surface area (Å²) in [5.74, 6) is 1.53. The standard InChI is InChI=1S/C38H46FNO4/c1-3-44-30-15-12-26(13-16-30)37(43)40(24-25-9-5-4-6-10-25)20-8-7-11-27-21-28-22-29(41)14-17-31(28)36-33(39)23-38(2)32(35(27)36)18-19-34(38)42/h4-6,9-10,12-17,22,27,32-36,41-42H,3,7-8,11,18-21,23-24H2,1-2H3/t27-,32+,33+,34+,35+,36+,38+/m1/s1. The highest BCUT2D eigenvalue weighted by Crippen LogP contribution is 2.63. The normalized spacial score (nSPS) is 28.9. The van der Waals surface area contributed by atoms with Crippen molar-refractivity contribution < 1.29 is 24.1 Å². The minimum Gasteiger partial charge on any atom is -0.508 e. The number of amides is 1. The number of hydrogen-bond acceptors (Lipinski definition) is 4. The number of aromatic hydroxyl groups is 1. The van der Waals surface area contributed by atoms with E-state index in [-0.39, 0.29) is 40.7 Å². The van der Waals surface area contributed by atoms with Gasteiger partial charge in [0.2, 0.25) is 0 Å². The Labute approximate surface area is 261 Å². The number of ether oxygens (including phenoxy) is 1. The van der Waals surface area contributed by atoms with Crippen LogP contribution < -0.4 is 4.74 Å². The molecule has 0 heterocycles. The summed E-state index contributed by atoms with van der Waals surface area (Å²) in [6, 6.07) is 22.9. The van der Waals surface area contributed by atoms with Gasteiger partial charge < -0.3 is 19.8 Å². The van der Waals surface area contributed by atoms with Crippen molar-refractivity contribution in [1.82, 2.24) is 4.90 Å². The number of aliphatic hydroxyl groups excluding tert-OH is 1. The fourth-order valence-corrected chi connectivity index (χ4v) is 8.84. The highest BCUT2D eigenvalue weighted by molar-refractivity contribution is 5.94. The maximum absolute atomic E-state index is 16.1. The van der Waals surface area contributed by atoms with Gasteiger partial charge in [-0.2, -0.15) is 0 Å². The van der Waals surface area contributed by atoms with Crippen LogP contribution in [0.2, 0.25) is 0 Å². The van der Waals surface area contributed by atoms with Crippen LogP contribution in [0.25, 0.3) is 0 Å². The van der Waals surface area contributed by atoms with E-state index >= 15 is 4.39 Å². The van der Waals surface area contributed by atoms with Crippen LogP contribution in [0.4, 0.5) is 4.39 Å². The lowest BCUT2D eigenvalue weighted by Gasteiger charge is -2.54. The van der Waals surface area contributed by atoms with E-state index in [9.17, 15) is 15.0 Å². The van der Waals surface area contributed by atoms with Crippen molar-refractivity contribution in [3.63, 3.8) is 0 Å². The molecule has 3 aromatic carbocycles. The zero-order valence-corrected chi connectivity index (χ0v) is 26.0. The first-order valence-electron chi connectivity index (χ1n) is 16.5. The molecule has 7 atom stereocenters. The van der Waals surface area contributed by atoms with Crippen LogP contribution >= 0.6 is 0 Å². The number of phenols is 1. The monoisotopic (exact) mass is 599 g/mol. The van der Waals surface area contributed by atoms with Crippen LogP contribution in [0.5, 0.6) is 11.5 Å². The molecule has 0 aliphatic heterocycles. The molecule has 0 radical (unpaired) electrons. The van der Waals surface area contributed by atoms with Crippen molar-refractivity contribution >= 4 is 5.91 Å². The largest absolute Gasteiger partial charge is 0.508 e. The number of aliphatic hydroxyl groups is 1. The third-order valence-corrected chi connectivity index (χ3v) is 10.9. The molecule has 1 amide bonds. The van der Waals surface area contributed by atoms with Crippen LogP contribution in [0.15, 0.2) is 72.8 Å². The highest BCUT2D eigenvalue weighted by Gasteiger charge is 2.59. The summed E-state index contributed by atoms with van der Waals surface area (Å²) in [7, 11) is 0. The number of nitrogens with zero attached hydrogens (tertiary/aromatic N) is 1. The predicted molar refractivity (Wildman–Crippen MR) is 171 cm³/mol. The Morgan fingerprint density at radius 3 is 2.57 bits per heavy atom. The third kappa shape index (κ3) is 5.98. The first-order chi connectivity index (χ1) is 21.3. The van der Waals surface area contributed by atoms with E-state index in [0.29, 0.717) is 31.7 Å². The van der Waals surface area contributed by atoms with Crippen LogP contribution in [0, 0.1) is 23.2 Å². The summed E-state index contributed by atoms with van der Waals surface area (Å²) in [5, 5.41) is 21.2. The van der Waals surface area contributed by atoms with Crippen LogP contribution in [-0.2, 0) is 13.0 Å². The van der Waals surface area contributed by atoms with Gasteiger partial charge >= 0.3 is 0 Å². The number of benzene rings is 3. The molecule has 3 aliphatic carbocycles. The molecule has 0 aromatic heterocycles. The molecule has 0 saturated heterocycles. The third-order valence-electron chi connectivity index (χ3n) is 10.9. The van der Waals surface area contributed by atoms with Gasteiger partial charge in [-0.25, -0.2) is 4.39 Å². The van der Waals surface area contributed by atoms with E-state index < -0.39 is 12.3 Å². The predicted octanol–water partition coefficient (Wildman–Crippen LogP) is 7.69. The fraction of sp³-hybridized carbons (Fsp3) is 0.500. The minimum absolute atomic E-state index is 0.00213. The Hall–Kier alpha value is -3.38. The number of carbonyl (C=O) groups is 1. The quantitative estimate of drug-likeness (QED) is 0.234. The summed E-state index contributed by atoms with van der Waals surface area (Å²) >= 11 is 0. The number of unbranched alkanes of at least 4 members (excludes halogenated alkanes) is 1. The molecule has 5 nitrogen and oxygen atoms in total. The average Bonchev–Trinajstić information content (AvgIpc) is 3.32. The summed E-state index contributed by atoms with van der Waals surface area (Å²) in [5.41, 5.74) is 3.47. The molecule has 3 aliphatic rings. The van der Waals surface area contributed by atoms with E-state index in [1.165, 1.54) is 0 Å².